The normalized spacial score (nSPS) is 10.8. The molecule has 0 atom stereocenters. The van der Waals surface area contributed by atoms with Gasteiger partial charge in [0.2, 0.25) is 0 Å². The van der Waals surface area contributed by atoms with E-state index in [0.29, 0.717) is 6.42 Å². The Morgan fingerprint density at radius 2 is 1.57 bits per heavy atom. The molecule has 1 rings (SSSR count). The van der Waals surface area contributed by atoms with E-state index >= 15 is 0 Å². The minimum atomic E-state index is -0.663. The predicted octanol–water partition coefficient (Wildman–Crippen LogP) is 5.40. The number of carboxylic acid groups (broad SMARTS) is 1. The number of aliphatic carboxylic acids is 1. The summed E-state index contributed by atoms with van der Waals surface area (Å²) in [5.74, 6) is -0.663. The van der Waals surface area contributed by atoms with Crippen molar-refractivity contribution in [1.82, 2.24) is 0 Å². The molecule has 0 fully saturated rings. The van der Waals surface area contributed by atoms with Crippen LogP contribution >= 0.6 is 0 Å². The Morgan fingerprint density at radius 1 is 1.04 bits per heavy atom. The molecule has 0 heterocycles. The first-order valence-corrected chi connectivity index (χ1v) is 8.85. The molecule has 1 aromatic carbocycles. The highest BCUT2D eigenvalue weighted by Crippen LogP contribution is 2.19. The molecule has 0 aliphatic rings. The summed E-state index contributed by atoms with van der Waals surface area (Å²) in [5.41, 5.74) is 8.23. The first-order valence-electron chi connectivity index (χ1n) is 8.85. The molecule has 23 heavy (non-hydrogen) atoms. The molecule has 132 valence electrons. The van der Waals surface area contributed by atoms with E-state index in [1.54, 1.807) is 0 Å². The van der Waals surface area contributed by atoms with Crippen LogP contribution in [0.4, 0.5) is 0 Å². The van der Waals surface area contributed by atoms with Gasteiger partial charge in [-0.1, -0.05) is 69.7 Å². The van der Waals surface area contributed by atoms with Crippen LogP contribution in [0.5, 0.6) is 0 Å². The molecule has 0 aromatic heterocycles. The van der Waals surface area contributed by atoms with E-state index < -0.39 is 5.97 Å². The first kappa shape index (κ1) is 21.6. The minimum absolute atomic E-state index is 0.217. The van der Waals surface area contributed by atoms with Gasteiger partial charge in [0.05, 0.1) is 0 Å². The summed E-state index contributed by atoms with van der Waals surface area (Å²) in [6.45, 7) is 8.33. The summed E-state index contributed by atoms with van der Waals surface area (Å²) in [6.07, 6.45) is 8.64. The van der Waals surface area contributed by atoms with Crippen molar-refractivity contribution in [2.45, 2.75) is 84.6 Å². The molecule has 3 heteroatoms. The SMILES string of the molecule is CCCCCCCCCC(=O)O.Cc1ccccc1C(C)(C)N. The highest BCUT2D eigenvalue weighted by atomic mass is 16.4. The molecular weight excluding hydrogens is 286 g/mol. The summed E-state index contributed by atoms with van der Waals surface area (Å²) in [6, 6.07) is 8.22. The van der Waals surface area contributed by atoms with Crippen molar-refractivity contribution in [1.29, 1.82) is 0 Å². The van der Waals surface area contributed by atoms with Crippen LogP contribution in [0, 0.1) is 6.92 Å². The molecule has 0 unspecified atom stereocenters. The van der Waals surface area contributed by atoms with E-state index in [0.717, 1.165) is 12.8 Å². The molecule has 0 saturated heterocycles. The molecule has 3 nitrogen and oxygen atoms in total. The van der Waals surface area contributed by atoms with Gasteiger partial charge in [0.15, 0.2) is 0 Å². The lowest BCUT2D eigenvalue weighted by Crippen LogP contribution is -2.29. The van der Waals surface area contributed by atoms with Gasteiger partial charge >= 0.3 is 5.97 Å². The lowest BCUT2D eigenvalue weighted by Gasteiger charge is -2.21. The summed E-state index contributed by atoms with van der Waals surface area (Å²) < 4.78 is 0. The van der Waals surface area contributed by atoms with Crippen LogP contribution < -0.4 is 5.73 Å². The topological polar surface area (TPSA) is 63.3 Å². The lowest BCUT2D eigenvalue weighted by atomic mass is 9.92. The van der Waals surface area contributed by atoms with Gasteiger partial charge in [-0.15, -0.1) is 0 Å². The van der Waals surface area contributed by atoms with Gasteiger partial charge in [0, 0.05) is 12.0 Å². The average molecular weight is 322 g/mol. The zero-order valence-corrected chi connectivity index (χ0v) is 15.4. The Balaban J connectivity index is 0.000000422. The van der Waals surface area contributed by atoms with Gasteiger partial charge in [-0.3, -0.25) is 4.79 Å². The van der Waals surface area contributed by atoms with E-state index in [-0.39, 0.29) is 5.54 Å². The number of hydrogen-bond acceptors (Lipinski definition) is 2. The van der Waals surface area contributed by atoms with E-state index in [1.165, 1.54) is 43.2 Å². The van der Waals surface area contributed by atoms with Crippen LogP contribution in [0.15, 0.2) is 24.3 Å². The summed E-state index contributed by atoms with van der Waals surface area (Å²) in [4.78, 5) is 10.1. The fourth-order valence-electron chi connectivity index (χ4n) is 2.53. The second-order valence-corrected chi connectivity index (χ2v) is 6.80. The van der Waals surface area contributed by atoms with Gasteiger partial charge < -0.3 is 10.8 Å². The largest absolute Gasteiger partial charge is 0.481 e. The first-order chi connectivity index (χ1) is 10.8. The van der Waals surface area contributed by atoms with Crippen LogP contribution in [0.2, 0.25) is 0 Å². The third kappa shape index (κ3) is 11.8. The monoisotopic (exact) mass is 321 g/mol. The number of aryl methyl sites for hydroxylation is 1. The van der Waals surface area contributed by atoms with E-state index in [2.05, 4.69) is 26.0 Å². The van der Waals surface area contributed by atoms with Crippen LogP contribution in [0.3, 0.4) is 0 Å². The number of carbonyl (C=O) groups is 1. The molecule has 0 spiro atoms. The summed E-state index contributed by atoms with van der Waals surface area (Å²) in [7, 11) is 0. The number of benzene rings is 1. The number of nitrogens with two attached hydrogens (primary N) is 1. The second-order valence-electron chi connectivity index (χ2n) is 6.80. The van der Waals surface area contributed by atoms with Gasteiger partial charge in [-0.25, -0.2) is 0 Å². The average Bonchev–Trinajstić information content (AvgIpc) is 2.46. The summed E-state index contributed by atoms with van der Waals surface area (Å²) in [5, 5.41) is 8.35. The van der Waals surface area contributed by atoms with Crippen molar-refractivity contribution in [3.8, 4) is 0 Å². The standard InChI is InChI=1S/C10H15N.C10H20O2/c1-8-6-4-5-7-9(8)10(2,3)11;1-2-3-4-5-6-7-8-9-10(11)12/h4-7H,11H2,1-3H3;2-9H2,1H3,(H,11,12). The third-order valence-electron chi connectivity index (χ3n) is 3.83. The number of hydrogen-bond donors (Lipinski definition) is 2. The van der Waals surface area contributed by atoms with Gasteiger partial charge in [-0.2, -0.15) is 0 Å². The number of unbranched alkanes of at least 4 members (excludes halogenated alkanes) is 6. The van der Waals surface area contributed by atoms with Gasteiger partial charge in [0.25, 0.3) is 0 Å². The molecule has 3 N–H and O–H groups in total. The lowest BCUT2D eigenvalue weighted by molar-refractivity contribution is -0.137. The van der Waals surface area contributed by atoms with Crippen molar-refractivity contribution in [3.63, 3.8) is 0 Å². The highest BCUT2D eigenvalue weighted by Gasteiger charge is 2.14. The second kappa shape index (κ2) is 12.1. The molecule has 1 aromatic rings. The smallest absolute Gasteiger partial charge is 0.303 e. The molecule has 0 amide bonds. The maximum Gasteiger partial charge on any atom is 0.303 e. The van der Waals surface area contributed by atoms with Crippen molar-refractivity contribution >= 4 is 5.97 Å². The third-order valence-corrected chi connectivity index (χ3v) is 3.83. The zero-order chi connectivity index (χ0) is 17.7. The molecule has 0 saturated carbocycles. The predicted molar refractivity (Wildman–Crippen MR) is 98.6 cm³/mol. The van der Waals surface area contributed by atoms with Crippen LogP contribution in [-0.2, 0) is 10.3 Å². The Morgan fingerprint density at radius 3 is 2.00 bits per heavy atom. The molecular formula is C20H35NO2. The zero-order valence-electron chi connectivity index (χ0n) is 15.4. The Bertz CT molecular complexity index is 436. The Hall–Kier alpha value is -1.35. The number of rotatable bonds is 9. The molecule has 0 radical (unpaired) electrons. The fraction of sp³-hybridized carbons (Fsp3) is 0.650. The van der Waals surface area contributed by atoms with Gasteiger partial charge in [-0.05, 0) is 38.3 Å². The van der Waals surface area contributed by atoms with Crippen molar-refractivity contribution in [2.24, 2.45) is 5.73 Å². The fourth-order valence-corrected chi connectivity index (χ4v) is 2.53. The van der Waals surface area contributed by atoms with Crippen molar-refractivity contribution < 1.29 is 9.90 Å². The molecule has 0 bridgehead atoms. The Kier molecular flexibility index (Phi) is 11.4. The Labute approximate surface area is 142 Å². The minimum Gasteiger partial charge on any atom is -0.481 e. The van der Waals surface area contributed by atoms with Gasteiger partial charge in [0.1, 0.15) is 0 Å². The number of carboxylic acids is 1. The van der Waals surface area contributed by atoms with Crippen LogP contribution in [0.1, 0.15) is 83.3 Å². The van der Waals surface area contributed by atoms with Crippen molar-refractivity contribution in [3.05, 3.63) is 35.4 Å². The maximum atomic E-state index is 10.1. The van der Waals surface area contributed by atoms with E-state index in [1.807, 2.05) is 26.0 Å². The molecule has 0 aliphatic carbocycles. The maximum absolute atomic E-state index is 10.1. The van der Waals surface area contributed by atoms with Crippen LogP contribution in [0.25, 0.3) is 0 Å². The summed E-state index contributed by atoms with van der Waals surface area (Å²) >= 11 is 0. The van der Waals surface area contributed by atoms with Crippen LogP contribution in [-0.4, -0.2) is 11.1 Å². The van der Waals surface area contributed by atoms with E-state index in [9.17, 15) is 4.79 Å². The van der Waals surface area contributed by atoms with Crippen molar-refractivity contribution in [2.75, 3.05) is 0 Å². The molecule has 0 aliphatic heterocycles. The van der Waals surface area contributed by atoms with E-state index in [4.69, 9.17) is 10.8 Å². The quantitative estimate of drug-likeness (QED) is 0.598. The highest BCUT2D eigenvalue weighted by molar-refractivity contribution is 5.66.